The second kappa shape index (κ2) is 4.03. The summed E-state index contributed by atoms with van der Waals surface area (Å²) in [5.41, 5.74) is 0.888. The number of phenolic OH excluding ortho intramolecular Hbond substituents is 1. The molecule has 0 aliphatic heterocycles. The van der Waals surface area contributed by atoms with Gasteiger partial charge < -0.3 is 5.11 Å². The fourth-order valence-electron chi connectivity index (χ4n) is 1.40. The fraction of sp³-hybridized carbons (Fsp3) is 0. The molecule has 2 aromatic carbocycles. The van der Waals surface area contributed by atoms with Gasteiger partial charge in [-0.25, -0.2) is 4.39 Å². The Morgan fingerprint density at radius 1 is 1.00 bits per heavy atom. The second-order valence-corrected chi connectivity index (χ2v) is 4.06. The first-order valence-electron chi connectivity index (χ1n) is 4.42. The highest BCUT2D eigenvalue weighted by Crippen LogP contribution is 2.33. The van der Waals surface area contributed by atoms with Crippen molar-refractivity contribution < 1.29 is 9.50 Å². The summed E-state index contributed by atoms with van der Waals surface area (Å²) in [6.07, 6.45) is 0. The maximum Gasteiger partial charge on any atom is 0.131 e. The Labute approximate surface area is 95.3 Å². The van der Waals surface area contributed by atoms with E-state index in [4.69, 9.17) is 0 Å². The third kappa shape index (κ3) is 2.02. The summed E-state index contributed by atoms with van der Waals surface area (Å²) in [5, 5.41) is 9.63. The zero-order valence-corrected chi connectivity index (χ0v) is 9.33. The number of hydrogen-bond donors (Lipinski definition) is 1. The minimum atomic E-state index is -0.342. The molecular weight excluding hydrogens is 259 g/mol. The quantitative estimate of drug-likeness (QED) is 0.829. The van der Waals surface area contributed by atoms with E-state index >= 15 is 0 Å². The van der Waals surface area contributed by atoms with E-state index in [1.165, 1.54) is 12.1 Å². The maximum absolute atomic E-state index is 13.5. The van der Waals surface area contributed by atoms with Crippen LogP contribution in [0.5, 0.6) is 5.75 Å². The molecule has 0 fully saturated rings. The normalized spacial score (nSPS) is 10.3. The molecule has 0 heterocycles. The molecule has 0 radical (unpaired) electrons. The summed E-state index contributed by atoms with van der Waals surface area (Å²) in [6.45, 7) is 0. The molecule has 0 aromatic heterocycles. The number of hydrogen-bond acceptors (Lipinski definition) is 1. The van der Waals surface area contributed by atoms with Crippen LogP contribution in [0.1, 0.15) is 0 Å². The van der Waals surface area contributed by atoms with E-state index in [1.54, 1.807) is 30.3 Å². The average Bonchev–Trinajstić information content (AvgIpc) is 2.23. The van der Waals surface area contributed by atoms with Crippen molar-refractivity contribution in [3.05, 3.63) is 52.8 Å². The number of aromatic hydroxyl groups is 1. The van der Waals surface area contributed by atoms with Gasteiger partial charge in [0.1, 0.15) is 11.6 Å². The predicted octanol–water partition coefficient (Wildman–Crippen LogP) is 3.96. The molecule has 0 saturated carbocycles. The van der Waals surface area contributed by atoms with Crippen molar-refractivity contribution in [3.8, 4) is 16.9 Å². The lowest BCUT2D eigenvalue weighted by Crippen LogP contribution is -1.84. The van der Waals surface area contributed by atoms with E-state index in [0.717, 1.165) is 4.47 Å². The first-order valence-corrected chi connectivity index (χ1v) is 5.21. The van der Waals surface area contributed by atoms with Crippen LogP contribution in [-0.4, -0.2) is 5.11 Å². The molecule has 3 heteroatoms. The van der Waals surface area contributed by atoms with E-state index in [9.17, 15) is 9.50 Å². The van der Waals surface area contributed by atoms with Crippen LogP contribution in [0.15, 0.2) is 46.9 Å². The van der Waals surface area contributed by atoms with E-state index < -0.39 is 0 Å². The van der Waals surface area contributed by atoms with Crippen molar-refractivity contribution in [2.75, 3.05) is 0 Å². The fourth-order valence-corrected chi connectivity index (χ4v) is 1.76. The van der Waals surface area contributed by atoms with E-state index in [1.807, 2.05) is 0 Å². The third-order valence-electron chi connectivity index (χ3n) is 2.12. The lowest BCUT2D eigenvalue weighted by Gasteiger charge is -2.06. The van der Waals surface area contributed by atoms with Gasteiger partial charge in [-0.2, -0.15) is 0 Å². The monoisotopic (exact) mass is 266 g/mol. The summed E-state index contributed by atoms with van der Waals surface area (Å²) in [6, 6.07) is 11.3. The van der Waals surface area contributed by atoms with Crippen molar-refractivity contribution >= 4 is 15.9 Å². The second-order valence-electron chi connectivity index (χ2n) is 3.14. The first kappa shape index (κ1) is 10.2. The Morgan fingerprint density at radius 3 is 2.47 bits per heavy atom. The molecule has 0 aliphatic carbocycles. The Morgan fingerprint density at radius 2 is 1.73 bits per heavy atom. The average molecular weight is 267 g/mol. The van der Waals surface area contributed by atoms with Gasteiger partial charge in [0, 0.05) is 15.6 Å². The van der Waals surface area contributed by atoms with Gasteiger partial charge in [-0.1, -0.05) is 34.1 Å². The van der Waals surface area contributed by atoms with Gasteiger partial charge in [-0.05, 0) is 24.3 Å². The van der Waals surface area contributed by atoms with Gasteiger partial charge in [0.05, 0.1) is 0 Å². The van der Waals surface area contributed by atoms with Crippen molar-refractivity contribution in [1.82, 2.24) is 0 Å². The highest BCUT2D eigenvalue weighted by molar-refractivity contribution is 9.10. The van der Waals surface area contributed by atoms with Crippen LogP contribution in [0.3, 0.4) is 0 Å². The highest BCUT2D eigenvalue weighted by Gasteiger charge is 2.08. The zero-order valence-electron chi connectivity index (χ0n) is 7.74. The van der Waals surface area contributed by atoms with Crippen molar-refractivity contribution in [1.29, 1.82) is 0 Å². The maximum atomic E-state index is 13.5. The van der Waals surface area contributed by atoms with Crippen LogP contribution in [0.4, 0.5) is 4.39 Å². The van der Waals surface area contributed by atoms with E-state index in [-0.39, 0.29) is 11.6 Å². The number of rotatable bonds is 1. The standard InChI is InChI=1S/C12H8BrFO/c13-8-5-6-12(15)10(7-8)9-3-1-2-4-11(9)14/h1-7,15H. The van der Waals surface area contributed by atoms with Crippen LogP contribution in [-0.2, 0) is 0 Å². The smallest absolute Gasteiger partial charge is 0.131 e. The largest absolute Gasteiger partial charge is 0.507 e. The van der Waals surface area contributed by atoms with Gasteiger partial charge in [0.15, 0.2) is 0 Å². The summed E-state index contributed by atoms with van der Waals surface area (Å²) in [5.74, 6) is -0.269. The summed E-state index contributed by atoms with van der Waals surface area (Å²) >= 11 is 3.28. The topological polar surface area (TPSA) is 20.2 Å². The molecule has 1 N–H and O–H groups in total. The molecule has 76 valence electrons. The van der Waals surface area contributed by atoms with Crippen molar-refractivity contribution in [3.63, 3.8) is 0 Å². The molecule has 2 rings (SSSR count). The minimum Gasteiger partial charge on any atom is -0.507 e. The molecular formula is C12H8BrFO. The Kier molecular flexibility index (Phi) is 2.73. The van der Waals surface area contributed by atoms with Crippen LogP contribution < -0.4 is 0 Å². The summed E-state index contributed by atoms with van der Waals surface area (Å²) in [7, 11) is 0. The van der Waals surface area contributed by atoms with Crippen molar-refractivity contribution in [2.24, 2.45) is 0 Å². The number of phenols is 1. The molecule has 0 bridgehead atoms. The Balaban J connectivity index is 2.64. The Hall–Kier alpha value is -1.35. The number of halogens is 2. The molecule has 2 aromatic rings. The van der Waals surface area contributed by atoms with Gasteiger partial charge in [-0.3, -0.25) is 0 Å². The lowest BCUT2D eigenvalue weighted by atomic mass is 10.0. The van der Waals surface area contributed by atoms with Gasteiger partial charge in [0.2, 0.25) is 0 Å². The van der Waals surface area contributed by atoms with E-state index in [0.29, 0.717) is 11.1 Å². The SMILES string of the molecule is Oc1ccc(Br)cc1-c1ccccc1F. The molecule has 0 spiro atoms. The van der Waals surface area contributed by atoms with Crippen LogP contribution >= 0.6 is 15.9 Å². The molecule has 0 atom stereocenters. The van der Waals surface area contributed by atoms with Crippen molar-refractivity contribution in [2.45, 2.75) is 0 Å². The molecule has 0 aliphatic rings. The predicted molar refractivity (Wildman–Crippen MR) is 61.2 cm³/mol. The van der Waals surface area contributed by atoms with Gasteiger partial charge in [0.25, 0.3) is 0 Å². The summed E-state index contributed by atoms with van der Waals surface area (Å²) < 4.78 is 14.3. The lowest BCUT2D eigenvalue weighted by molar-refractivity contribution is 0.476. The Bertz CT molecular complexity index is 497. The van der Waals surface area contributed by atoms with Crippen LogP contribution in [0.25, 0.3) is 11.1 Å². The molecule has 0 saturated heterocycles. The molecule has 1 nitrogen and oxygen atoms in total. The minimum absolute atomic E-state index is 0.0725. The van der Waals surface area contributed by atoms with Gasteiger partial charge in [-0.15, -0.1) is 0 Å². The first-order chi connectivity index (χ1) is 7.18. The highest BCUT2D eigenvalue weighted by atomic mass is 79.9. The van der Waals surface area contributed by atoms with Gasteiger partial charge >= 0.3 is 0 Å². The van der Waals surface area contributed by atoms with Crippen LogP contribution in [0, 0.1) is 5.82 Å². The zero-order chi connectivity index (χ0) is 10.8. The third-order valence-corrected chi connectivity index (χ3v) is 2.62. The number of benzene rings is 2. The molecule has 15 heavy (non-hydrogen) atoms. The summed E-state index contributed by atoms with van der Waals surface area (Å²) in [4.78, 5) is 0. The molecule has 0 unspecified atom stereocenters. The van der Waals surface area contributed by atoms with E-state index in [2.05, 4.69) is 15.9 Å². The van der Waals surface area contributed by atoms with Crippen LogP contribution in [0.2, 0.25) is 0 Å². The molecule has 0 amide bonds.